The Morgan fingerprint density at radius 3 is 2.38 bits per heavy atom. The fraction of sp³-hybridized carbons (Fsp3) is 0.267. The Kier molecular flexibility index (Phi) is 3.80. The van der Waals surface area contributed by atoms with Gasteiger partial charge in [-0.15, -0.1) is 0 Å². The molecule has 1 aromatic carbocycles. The molecule has 0 aliphatic carbocycles. The summed E-state index contributed by atoms with van der Waals surface area (Å²) in [5.41, 5.74) is 6.02. The minimum absolute atomic E-state index is 0.265. The van der Waals surface area contributed by atoms with E-state index >= 15 is 0 Å². The van der Waals surface area contributed by atoms with E-state index < -0.39 is 11.7 Å². The molecular formula is C15H16F3N3. The molecule has 1 aromatic heterocycles. The molecule has 0 fully saturated rings. The van der Waals surface area contributed by atoms with Crippen molar-refractivity contribution in [3.05, 3.63) is 47.1 Å². The lowest BCUT2D eigenvalue weighted by Crippen LogP contribution is -2.12. The summed E-state index contributed by atoms with van der Waals surface area (Å²) in [4.78, 5) is 4.21. The number of aryl methyl sites for hydroxylation is 2. The van der Waals surface area contributed by atoms with Crippen molar-refractivity contribution in [2.75, 3.05) is 5.73 Å². The van der Waals surface area contributed by atoms with E-state index in [0.717, 1.165) is 11.8 Å². The van der Waals surface area contributed by atoms with Gasteiger partial charge in [0.1, 0.15) is 5.82 Å². The van der Waals surface area contributed by atoms with E-state index in [2.05, 4.69) is 4.98 Å². The number of hydrogen-bond donors (Lipinski definition) is 1. The largest absolute Gasteiger partial charge is 0.418 e. The lowest BCUT2D eigenvalue weighted by Gasteiger charge is -2.15. The summed E-state index contributed by atoms with van der Waals surface area (Å²) in [6.45, 7) is 5.26. The van der Waals surface area contributed by atoms with E-state index in [1.54, 1.807) is 49.8 Å². The quantitative estimate of drug-likeness (QED) is 0.847. The molecule has 0 amide bonds. The number of nitrogens with zero attached hydrogens (tertiary/aromatic N) is 2. The highest BCUT2D eigenvalue weighted by molar-refractivity contribution is 5.71. The average Bonchev–Trinajstić information content (AvgIpc) is 2.70. The molecule has 0 spiro atoms. The molecule has 6 heteroatoms. The molecule has 3 nitrogen and oxygen atoms in total. The third-order valence-corrected chi connectivity index (χ3v) is 3.13. The van der Waals surface area contributed by atoms with E-state index in [-0.39, 0.29) is 5.69 Å². The summed E-state index contributed by atoms with van der Waals surface area (Å²) in [5.74, 6) is 0.622. The van der Waals surface area contributed by atoms with Crippen LogP contribution in [0.3, 0.4) is 0 Å². The van der Waals surface area contributed by atoms with Gasteiger partial charge in [-0.1, -0.05) is 12.2 Å². The van der Waals surface area contributed by atoms with Gasteiger partial charge in [0.05, 0.1) is 16.9 Å². The molecular weight excluding hydrogens is 279 g/mol. The molecule has 2 aromatic rings. The first-order valence-electron chi connectivity index (χ1n) is 6.40. The summed E-state index contributed by atoms with van der Waals surface area (Å²) in [6, 6.07) is 2.68. The third-order valence-electron chi connectivity index (χ3n) is 3.13. The summed E-state index contributed by atoms with van der Waals surface area (Å²) in [7, 11) is 0. The first-order chi connectivity index (χ1) is 9.74. The first-order valence-corrected chi connectivity index (χ1v) is 6.40. The summed E-state index contributed by atoms with van der Waals surface area (Å²) in [5, 5.41) is 0. The minimum atomic E-state index is -4.50. The lowest BCUT2D eigenvalue weighted by atomic mass is 10.0. The van der Waals surface area contributed by atoms with E-state index in [0.29, 0.717) is 17.1 Å². The smallest absolute Gasteiger partial charge is 0.398 e. The summed E-state index contributed by atoms with van der Waals surface area (Å²) < 4.78 is 41.0. The SMILES string of the molecule is CC=Cc1cc(-n2cc(C)nc2C)cc(C(F)(F)F)c1N. The Labute approximate surface area is 120 Å². The number of halogens is 3. The van der Waals surface area contributed by atoms with Crippen LogP contribution in [0.2, 0.25) is 0 Å². The van der Waals surface area contributed by atoms with Gasteiger partial charge in [-0.25, -0.2) is 4.98 Å². The van der Waals surface area contributed by atoms with Crippen molar-refractivity contribution >= 4 is 11.8 Å². The van der Waals surface area contributed by atoms with Crippen LogP contribution < -0.4 is 5.73 Å². The Morgan fingerprint density at radius 1 is 1.24 bits per heavy atom. The highest BCUT2D eigenvalue weighted by atomic mass is 19.4. The van der Waals surface area contributed by atoms with Gasteiger partial charge in [0.15, 0.2) is 0 Å². The normalized spacial score (nSPS) is 12.3. The highest BCUT2D eigenvalue weighted by Crippen LogP contribution is 2.37. The van der Waals surface area contributed by atoms with Crippen LogP contribution in [0.15, 0.2) is 24.4 Å². The van der Waals surface area contributed by atoms with Crippen molar-refractivity contribution in [2.45, 2.75) is 26.9 Å². The zero-order valence-electron chi connectivity index (χ0n) is 12.0. The molecule has 2 N–H and O–H groups in total. The van der Waals surface area contributed by atoms with Crippen molar-refractivity contribution < 1.29 is 13.2 Å². The second kappa shape index (κ2) is 5.27. The van der Waals surface area contributed by atoms with Crippen LogP contribution in [-0.2, 0) is 6.18 Å². The van der Waals surface area contributed by atoms with Gasteiger partial charge in [0, 0.05) is 11.9 Å². The number of benzene rings is 1. The van der Waals surface area contributed by atoms with Crippen LogP contribution in [0.5, 0.6) is 0 Å². The fourth-order valence-corrected chi connectivity index (χ4v) is 2.23. The van der Waals surface area contributed by atoms with E-state index in [1.807, 2.05) is 0 Å². The number of imidazole rings is 1. The zero-order valence-corrected chi connectivity index (χ0v) is 12.0. The van der Waals surface area contributed by atoms with Crippen molar-refractivity contribution in [1.82, 2.24) is 9.55 Å². The fourth-order valence-electron chi connectivity index (χ4n) is 2.23. The van der Waals surface area contributed by atoms with Gasteiger partial charge in [0.25, 0.3) is 0 Å². The second-order valence-electron chi connectivity index (χ2n) is 4.79. The number of anilines is 1. The predicted octanol–water partition coefficient (Wildman–Crippen LogP) is 4.12. The highest BCUT2D eigenvalue weighted by Gasteiger charge is 2.34. The van der Waals surface area contributed by atoms with Gasteiger partial charge >= 0.3 is 6.18 Å². The molecule has 2 rings (SSSR count). The number of rotatable bonds is 2. The molecule has 1 heterocycles. The van der Waals surface area contributed by atoms with Crippen LogP contribution >= 0.6 is 0 Å². The van der Waals surface area contributed by atoms with Crippen LogP contribution in [0.25, 0.3) is 11.8 Å². The van der Waals surface area contributed by atoms with Crippen LogP contribution in [0.4, 0.5) is 18.9 Å². The molecule has 0 atom stereocenters. The Hall–Kier alpha value is -2.24. The Bertz CT molecular complexity index is 697. The number of hydrogen-bond acceptors (Lipinski definition) is 2. The topological polar surface area (TPSA) is 43.8 Å². The maximum atomic E-state index is 13.1. The van der Waals surface area contributed by atoms with Gasteiger partial charge < -0.3 is 10.3 Å². The molecule has 21 heavy (non-hydrogen) atoms. The molecule has 0 aliphatic rings. The van der Waals surface area contributed by atoms with Crippen molar-refractivity contribution in [1.29, 1.82) is 0 Å². The number of alkyl halides is 3. The second-order valence-corrected chi connectivity index (χ2v) is 4.79. The van der Waals surface area contributed by atoms with Crippen molar-refractivity contribution in [3.8, 4) is 5.69 Å². The Morgan fingerprint density at radius 2 is 1.90 bits per heavy atom. The van der Waals surface area contributed by atoms with E-state index in [4.69, 9.17) is 5.73 Å². The van der Waals surface area contributed by atoms with Gasteiger partial charge in [-0.2, -0.15) is 13.2 Å². The third kappa shape index (κ3) is 2.94. The predicted molar refractivity (Wildman–Crippen MR) is 77.2 cm³/mol. The molecule has 0 unspecified atom stereocenters. The first kappa shape index (κ1) is 15.2. The van der Waals surface area contributed by atoms with Crippen LogP contribution in [-0.4, -0.2) is 9.55 Å². The Balaban J connectivity index is 2.73. The maximum Gasteiger partial charge on any atom is 0.418 e. The number of nitrogens with two attached hydrogens (primary N) is 1. The van der Waals surface area contributed by atoms with Gasteiger partial charge in [-0.05, 0) is 38.5 Å². The van der Waals surface area contributed by atoms with Gasteiger partial charge in [0.2, 0.25) is 0 Å². The monoisotopic (exact) mass is 295 g/mol. The van der Waals surface area contributed by atoms with E-state index in [1.165, 1.54) is 0 Å². The van der Waals surface area contributed by atoms with Crippen molar-refractivity contribution in [3.63, 3.8) is 0 Å². The lowest BCUT2D eigenvalue weighted by molar-refractivity contribution is -0.136. The molecule has 0 radical (unpaired) electrons. The van der Waals surface area contributed by atoms with Crippen LogP contribution in [0, 0.1) is 13.8 Å². The number of nitrogen functional groups attached to an aromatic ring is 1. The molecule has 0 saturated carbocycles. The summed E-state index contributed by atoms with van der Waals surface area (Å²) in [6.07, 6.45) is 0.412. The van der Waals surface area contributed by atoms with Crippen LogP contribution in [0.1, 0.15) is 29.6 Å². The molecule has 112 valence electrons. The molecule has 0 saturated heterocycles. The zero-order chi connectivity index (χ0) is 15.8. The maximum absolute atomic E-state index is 13.1. The number of aromatic nitrogens is 2. The minimum Gasteiger partial charge on any atom is -0.398 e. The van der Waals surface area contributed by atoms with Gasteiger partial charge in [-0.3, -0.25) is 0 Å². The summed E-state index contributed by atoms with van der Waals surface area (Å²) >= 11 is 0. The van der Waals surface area contributed by atoms with E-state index in [9.17, 15) is 13.2 Å². The molecule has 0 aliphatic heterocycles. The molecule has 0 bridgehead atoms. The average molecular weight is 295 g/mol. The number of allylic oxidation sites excluding steroid dienone is 1. The standard InChI is InChI=1S/C15H16F3N3/c1-4-5-11-6-12(21-8-9(2)20-10(21)3)7-13(14(11)19)15(16,17)18/h4-8H,19H2,1-3H3. The van der Waals surface area contributed by atoms with Crippen molar-refractivity contribution in [2.24, 2.45) is 0 Å².